The van der Waals surface area contributed by atoms with E-state index in [0.717, 1.165) is 5.56 Å². The van der Waals surface area contributed by atoms with E-state index in [1.54, 1.807) is 6.07 Å². The van der Waals surface area contributed by atoms with Gasteiger partial charge >= 0.3 is 0 Å². The Kier molecular flexibility index (Phi) is 3.02. The molecule has 0 atom stereocenters. The standard InChI is InChI=1S/C12H14ClNO3/c1-12(2,14)8-5-9(13)7(6-15)10-11(8)17-4-3-16-10/h5-6H,3-4,14H2,1-2H3. The third-order valence-corrected chi connectivity index (χ3v) is 2.92. The largest absolute Gasteiger partial charge is 0.486 e. The van der Waals surface area contributed by atoms with E-state index in [1.165, 1.54) is 0 Å². The molecule has 2 N–H and O–H groups in total. The highest BCUT2D eigenvalue weighted by Gasteiger charge is 2.28. The smallest absolute Gasteiger partial charge is 0.173 e. The molecule has 5 heteroatoms. The van der Waals surface area contributed by atoms with Crippen molar-refractivity contribution in [3.8, 4) is 11.5 Å². The maximum Gasteiger partial charge on any atom is 0.173 e. The average Bonchev–Trinajstić information content (AvgIpc) is 2.27. The Hall–Kier alpha value is -1.26. The molecule has 2 rings (SSSR count). The van der Waals surface area contributed by atoms with E-state index >= 15 is 0 Å². The van der Waals surface area contributed by atoms with Gasteiger partial charge in [-0.15, -0.1) is 0 Å². The summed E-state index contributed by atoms with van der Waals surface area (Å²) < 4.78 is 11.0. The monoisotopic (exact) mass is 255 g/mol. The van der Waals surface area contributed by atoms with Gasteiger partial charge in [0.1, 0.15) is 13.2 Å². The second-order valence-corrected chi connectivity index (χ2v) is 4.92. The van der Waals surface area contributed by atoms with Crippen LogP contribution < -0.4 is 15.2 Å². The molecular weight excluding hydrogens is 242 g/mol. The first-order valence-corrected chi connectivity index (χ1v) is 5.69. The van der Waals surface area contributed by atoms with Crippen LogP contribution in [0.5, 0.6) is 11.5 Å². The summed E-state index contributed by atoms with van der Waals surface area (Å²) in [5, 5.41) is 0.331. The fraction of sp³-hybridized carbons (Fsp3) is 0.417. The maximum atomic E-state index is 11.0. The van der Waals surface area contributed by atoms with Crippen molar-refractivity contribution in [2.24, 2.45) is 5.73 Å². The van der Waals surface area contributed by atoms with Crippen molar-refractivity contribution >= 4 is 17.9 Å². The summed E-state index contributed by atoms with van der Waals surface area (Å²) in [4.78, 5) is 11.0. The summed E-state index contributed by atoms with van der Waals surface area (Å²) in [5.74, 6) is 0.919. The van der Waals surface area contributed by atoms with Crippen LogP contribution in [0.1, 0.15) is 29.8 Å². The van der Waals surface area contributed by atoms with Crippen molar-refractivity contribution in [1.29, 1.82) is 0 Å². The molecule has 0 spiro atoms. The molecule has 0 unspecified atom stereocenters. The van der Waals surface area contributed by atoms with Crippen molar-refractivity contribution in [3.05, 3.63) is 22.2 Å². The van der Waals surface area contributed by atoms with Crippen molar-refractivity contribution in [2.45, 2.75) is 19.4 Å². The predicted molar refractivity (Wildman–Crippen MR) is 65.0 cm³/mol. The Labute approximate surface area is 105 Å². The number of carbonyl (C=O) groups excluding carboxylic acids is 1. The van der Waals surface area contributed by atoms with E-state index in [4.69, 9.17) is 26.8 Å². The minimum absolute atomic E-state index is 0.314. The van der Waals surface area contributed by atoms with Crippen molar-refractivity contribution < 1.29 is 14.3 Å². The highest BCUT2D eigenvalue weighted by Crippen LogP contribution is 2.43. The Morgan fingerprint density at radius 2 is 1.94 bits per heavy atom. The van der Waals surface area contributed by atoms with Crippen LogP contribution in [0.2, 0.25) is 5.02 Å². The molecule has 0 aromatic heterocycles. The number of carbonyl (C=O) groups is 1. The molecule has 0 fully saturated rings. The van der Waals surface area contributed by atoms with Crippen LogP contribution in [0.3, 0.4) is 0 Å². The molecule has 0 radical (unpaired) electrons. The maximum absolute atomic E-state index is 11.0. The minimum atomic E-state index is -0.615. The number of rotatable bonds is 2. The van der Waals surface area contributed by atoms with Gasteiger partial charge in [-0.25, -0.2) is 0 Å². The van der Waals surface area contributed by atoms with Gasteiger partial charge in [0.25, 0.3) is 0 Å². The molecule has 0 aliphatic carbocycles. The Morgan fingerprint density at radius 1 is 1.35 bits per heavy atom. The molecule has 17 heavy (non-hydrogen) atoms. The number of hydrogen-bond acceptors (Lipinski definition) is 4. The van der Waals surface area contributed by atoms with Crippen LogP contribution in [0.15, 0.2) is 6.07 Å². The van der Waals surface area contributed by atoms with Crippen LogP contribution in [0.25, 0.3) is 0 Å². The minimum Gasteiger partial charge on any atom is -0.486 e. The number of halogens is 1. The SMILES string of the molecule is CC(C)(N)c1cc(Cl)c(C=O)c2c1OCCO2. The fourth-order valence-corrected chi connectivity index (χ4v) is 2.03. The third-order valence-electron chi connectivity index (χ3n) is 2.61. The predicted octanol–water partition coefficient (Wildman–Crippen LogP) is 2.12. The van der Waals surface area contributed by atoms with E-state index < -0.39 is 5.54 Å². The number of fused-ring (bicyclic) bond motifs is 1. The Morgan fingerprint density at radius 3 is 2.47 bits per heavy atom. The lowest BCUT2D eigenvalue weighted by atomic mass is 9.92. The van der Waals surface area contributed by atoms with E-state index in [0.29, 0.717) is 41.6 Å². The molecule has 4 nitrogen and oxygen atoms in total. The molecular formula is C12H14ClNO3. The lowest BCUT2D eigenvalue weighted by molar-refractivity contribution is 0.111. The molecule has 1 aromatic rings. The lowest BCUT2D eigenvalue weighted by Gasteiger charge is -2.28. The number of ether oxygens (including phenoxy) is 2. The van der Waals surface area contributed by atoms with E-state index in [9.17, 15) is 4.79 Å². The van der Waals surface area contributed by atoms with Gasteiger partial charge < -0.3 is 15.2 Å². The second-order valence-electron chi connectivity index (χ2n) is 4.51. The normalized spacial score (nSPS) is 14.6. The van der Waals surface area contributed by atoms with E-state index in [2.05, 4.69) is 0 Å². The first kappa shape index (κ1) is 12.2. The van der Waals surface area contributed by atoms with E-state index in [-0.39, 0.29) is 0 Å². The highest BCUT2D eigenvalue weighted by molar-refractivity contribution is 6.33. The quantitative estimate of drug-likeness (QED) is 0.823. The Balaban J connectivity index is 2.71. The molecule has 92 valence electrons. The van der Waals surface area contributed by atoms with Crippen LogP contribution in [0.4, 0.5) is 0 Å². The molecule has 0 bridgehead atoms. The molecule has 1 aliphatic heterocycles. The van der Waals surface area contributed by atoms with Crippen LogP contribution in [-0.2, 0) is 5.54 Å². The Bertz CT molecular complexity index is 466. The van der Waals surface area contributed by atoms with Gasteiger partial charge in [0.05, 0.1) is 10.6 Å². The zero-order chi connectivity index (χ0) is 12.6. The number of hydrogen-bond donors (Lipinski definition) is 1. The van der Waals surface area contributed by atoms with Crippen molar-refractivity contribution in [2.75, 3.05) is 13.2 Å². The van der Waals surface area contributed by atoms with Gasteiger partial charge in [-0.1, -0.05) is 11.6 Å². The van der Waals surface area contributed by atoms with Gasteiger partial charge in [0.15, 0.2) is 17.8 Å². The molecule has 1 aromatic carbocycles. The summed E-state index contributed by atoms with van der Waals surface area (Å²) in [5.41, 5.74) is 6.50. The van der Waals surface area contributed by atoms with Crippen LogP contribution in [0, 0.1) is 0 Å². The van der Waals surface area contributed by atoms with Crippen LogP contribution >= 0.6 is 11.6 Å². The summed E-state index contributed by atoms with van der Waals surface area (Å²) in [6, 6.07) is 1.67. The summed E-state index contributed by atoms with van der Waals surface area (Å²) >= 11 is 6.05. The highest BCUT2D eigenvalue weighted by atomic mass is 35.5. The summed E-state index contributed by atoms with van der Waals surface area (Å²) in [6.45, 7) is 4.53. The molecule has 1 aliphatic rings. The zero-order valence-corrected chi connectivity index (χ0v) is 10.5. The second kappa shape index (κ2) is 4.20. The third kappa shape index (κ3) is 2.10. The summed E-state index contributed by atoms with van der Waals surface area (Å²) in [6.07, 6.45) is 0.670. The van der Waals surface area contributed by atoms with E-state index in [1.807, 2.05) is 13.8 Å². The van der Waals surface area contributed by atoms with Crippen molar-refractivity contribution in [1.82, 2.24) is 0 Å². The summed E-state index contributed by atoms with van der Waals surface area (Å²) in [7, 11) is 0. The molecule has 0 amide bonds. The van der Waals surface area contributed by atoms with Gasteiger partial charge in [0.2, 0.25) is 0 Å². The number of benzene rings is 1. The van der Waals surface area contributed by atoms with Gasteiger partial charge in [-0.3, -0.25) is 4.79 Å². The zero-order valence-electron chi connectivity index (χ0n) is 9.75. The van der Waals surface area contributed by atoms with Crippen LogP contribution in [-0.4, -0.2) is 19.5 Å². The molecule has 1 heterocycles. The van der Waals surface area contributed by atoms with Crippen molar-refractivity contribution in [3.63, 3.8) is 0 Å². The number of nitrogens with two attached hydrogens (primary N) is 1. The first-order chi connectivity index (χ1) is 7.95. The topological polar surface area (TPSA) is 61.6 Å². The molecule has 0 saturated carbocycles. The average molecular weight is 256 g/mol. The van der Waals surface area contributed by atoms with Gasteiger partial charge in [0, 0.05) is 11.1 Å². The number of aldehydes is 1. The molecule has 0 saturated heterocycles. The van der Waals surface area contributed by atoms with Gasteiger partial charge in [-0.05, 0) is 19.9 Å². The fourth-order valence-electron chi connectivity index (χ4n) is 1.79. The lowest BCUT2D eigenvalue weighted by Crippen LogP contribution is -2.31. The van der Waals surface area contributed by atoms with Gasteiger partial charge in [-0.2, -0.15) is 0 Å². The first-order valence-electron chi connectivity index (χ1n) is 5.31.